The molecule has 1 aromatic heterocycles. The lowest BCUT2D eigenvalue weighted by Crippen LogP contribution is -2.27. The highest BCUT2D eigenvalue weighted by atomic mass is 79.9. The molecule has 0 atom stereocenters. The largest absolute Gasteiger partial charge is 0.352 e. The lowest BCUT2D eigenvalue weighted by molar-refractivity contribution is 0.0950. The number of nitrogens with zero attached hydrogens (tertiary/aromatic N) is 1. The molecule has 0 aliphatic heterocycles. The number of amides is 1. The zero-order valence-corrected chi connectivity index (χ0v) is 14.7. The molecule has 1 amide bonds. The summed E-state index contributed by atoms with van der Waals surface area (Å²) in [5, 5.41) is 6.87. The van der Waals surface area contributed by atoms with Crippen LogP contribution >= 0.6 is 27.7 Å². The zero-order valence-electron chi connectivity index (χ0n) is 12.3. The summed E-state index contributed by atoms with van der Waals surface area (Å²) in [6.45, 7) is 1.55. The van der Waals surface area contributed by atoms with E-state index in [9.17, 15) is 4.79 Å². The zero-order chi connectivity index (χ0) is 15.8. The Morgan fingerprint density at radius 3 is 2.77 bits per heavy atom. The Morgan fingerprint density at radius 1 is 1.23 bits per heavy atom. The standard InChI is InChI=1S/C16H18BrN3OS/c1-18-9-4-10-19-16(21)13-5-2-3-6-14(13)22-15-8-7-12(17)11-20-15/h2-3,5-8,11,18H,4,9-10H2,1H3,(H,19,21). The van der Waals surface area contributed by atoms with Crippen molar-refractivity contribution in [3.63, 3.8) is 0 Å². The minimum absolute atomic E-state index is 0.0451. The van der Waals surface area contributed by atoms with Crippen LogP contribution in [0.25, 0.3) is 0 Å². The molecule has 0 saturated heterocycles. The van der Waals surface area contributed by atoms with Gasteiger partial charge in [0.15, 0.2) is 0 Å². The van der Waals surface area contributed by atoms with Crippen molar-refractivity contribution in [2.24, 2.45) is 0 Å². The van der Waals surface area contributed by atoms with Gasteiger partial charge >= 0.3 is 0 Å². The Hall–Kier alpha value is -1.37. The number of rotatable bonds is 7. The molecule has 6 heteroatoms. The van der Waals surface area contributed by atoms with E-state index in [0.717, 1.165) is 27.4 Å². The lowest BCUT2D eigenvalue weighted by atomic mass is 10.2. The quantitative estimate of drug-likeness (QED) is 0.724. The Balaban J connectivity index is 2.06. The second kappa shape index (κ2) is 8.92. The Morgan fingerprint density at radius 2 is 2.05 bits per heavy atom. The van der Waals surface area contributed by atoms with Crippen LogP contribution in [0.1, 0.15) is 16.8 Å². The Bertz CT molecular complexity index is 619. The second-order valence-corrected chi connectivity index (χ2v) is 6.60. The molecule has 0 saturated carbocycles. The molecule has 1 aromatic carbocycles. The summed E-state index contributed by atoms with van der Waals surface area (Å²) in [5.74, 6) is -0.0451. The first-order chi connectivity index (χ1) is 10.7. The summed E-state index contributed by atoms with van der Waals surface area (Å²) in [7, 11) is 1.90. The van der Waals surface area contributed by atoms with Crippen LogP contribution in [0.15, 0.2) is 57.0 Å². The molecule has 0 bridgehead atoms. The molecule has 1 heterocycles. The summed E-state index contributed by atoms with van der Waals surface area (Å²) in [6, 6.07) is 11.5. The molecule has 0 aliphatic rings. The van der Waals surface area contributed by atoms with Gasteiger partial charge < -0.3 is 10.6 Å². The van der Waals surface area contributed by atoms with E-state index in [4.69, 9.17) is 0 Å². The van der Waals surface area contributed by atoms with Crippen molar-refractivity contribution in [3.8, 4) is 0 Å². The van der Waals surface area contributed by atoms with Crippen molar-refractivity contribution < 1.29 is 4.79 Å². The van der Waals surface area contributed by atoms with Crippen molar-refractivity contribution in [3.05, 3.63) is 52.6 Å². The number of benzene rings is 1. The van der Waals surface area contributed by atoms with Crippen molar-refractivity contribution in [2.75, 3.05) is 20.1 Å². The highest BCUT2D eigenvalue weighted by Crippen LogP contribution is 2.29. The summed E-state index contributed by atoms with van der Waals surface area (Å²) in [5.41, 5.74) is 0.682. The van der Waals surface area contributed by atoms with E-state index < -0.39 is 0 Å². The average Bonchev–Trinajstić information content (AvgIpc) is 2.54. The van der Waals surface area contributed by atoms with E-state index in [1.807, 2.05) is 43.4 Å². The van der Waals surface area contributed by atoms with Crippen LogP contribution in [0.4, 0.5) is 0 Å². The van der Waals surface area contributed by atoms with E-state index in [2.05, 4.69) is 31.5 Å². The number of halogens is 1. The van der Waals surface area contributed by atoms with Crippen LogP contribution in [-0.2, 0) is 0 Å². The molecule has 22 heavy (non-hydrogen) atoms. The maximum atomic E-state index is 12.3. The molecule has 2 N–H and O–H groups in total. The lowest BCUT2D eigenvalue weighted by Gasteiger charge is -2.09. The molecule has 0 aliphatic carbocycles. The third-order valence-corrected chi connectivity index (χ3v) is 4.43. The fraction of sp³-hybridized carbons (Fsp3) is 0.250. The van der Waals surface area contributed by atoms with Crippen LogP contribution in [-0.4, -0.2) is 31.0 Å². The van der Waals surface area contributed by atoms with Gasteiger partial charge in [-0.3, -0.25) is 4.79 Å². The predicted molar refractivity (Wildman–Crippen MR) is 93.4 cm³/mol. The highest BCUT2D eigenvalue weighted by molar-refractivity contribution is 9.10. The minimum atomic E-state index is -0.0451. The molecule has 4 nitrogen and oxygen atoms in total. The van der Waals surface area contributed by atoms with Gasteiger partial charge in [0.2, 0.25) is 0 Å². The first kappa shape index (κ1) is 17.0. The van der Waals surface area contributed by atoms with Gasteiger partial charge in [0.25, 0.3) is 5.91 Å². The smallest absolute Gasteiger partial charge is 0.252 e. The van der Waals surface area contributed by atoms with E-state index in [1.165, 1.54) is 11.8 Å². The van der Waals surface area contributed by atoms with Gasteiger partial charge in [-0.15, -0.1) is 0 Å². The number of hydrogen-bond donors (Lipinski definition) is 2. The van der Waals surface area contributed by atoms with Crippen LogP contribution in [0.2, 0.25) is 0 Å². The Labute approximate surface area is 143 Å². The van der Waals surface area contributed by atoms with Crippen LogP contribution in [0.5, 0.6) is 0 Å². The van der Waals surface area contributed by atoms with Gasteiger partial charge in [0.1, 0.15) is 5.03 Å². The van der Waals surface area contributed by atoms with Crippen molar-refractivity contribution in [1.82, 2.24) is 15.6 Å². The third kappa shape index (κ3) is 5.12. The number of hydrogen-bond acceptors (Lipinski definition) is 4. The van der Waals surface area contributed by atoms with Crippen LogP contribution in [0, 0.1) is 0 Å². The summed E-state index contributed by atoms with van der Waals surface area (Å²) in [6.07, 6.45) is 2.66. The number of pyridine rings is 1. The molecule has 2 rings (SSSR count). The fourth-order valence-electron chi connectivity index (χ4n) is 1.84. The van der Waals surface area contributed by atoms with Gasteiger partial charge in [0, 0.05) is 22.1 Å². The molecular formula is C16H18BrN3OS. The highest BCUT2D eigenvalue weighted by Gasteiger charge is 2.11. The summed E-state index contributed by atoms with van der Waals surface area (Å²) in [4.78, 5) is 17.5. The van der Waals surface area contributed by atoms with Crippen molar-refractivity contribution >= 4 is 33.6 Å². The van der Waals surface area contributed by atoms with E-state index in [-0.39, 0.29) is 5.91 Å². The number of carbonyl (C=O) groups is 1. The van der Waals surface area contributed by atoms with Gasteiger partial charge in [-0.05, 0) is 60.2 Å². The van der Waals surface area contributed by atoms with Crippen molar-refractivity contribution in [1.29, 1.82) is 0 Å². The van der Waals surface area contributed by atoms with Crippen LogP contribution in [0.3, 0.4) is 0 Å². The number of aromatic nitrogens is 1. The molecule has 0 unspecified atom stereocenters. The molecule has 0 radical (unpaired) electrons. The van der Waals surface area contributed by atoms with E-state index >= 15 is 0 Å². The van der Waals surface area contributed by atoms with Gasteiger partial charge in [-0.2, -0.15) is 0 Å². The minimum Gasteiger partial charge on any atom is -0.352 e. The molecular weight excluding hydrogens is 362 g/mol. The maximum absolute atomic E-state index is 12.3. The Kier molecular flexibility index (Phi) is 6.89. The third-order valence-electron chi connectivity index (χ3n) is 2.94. The van der Waals surface area contributed by atoms with Gasteiger partial charge in [0.05, 0.1) is 5.56 Å². The normalized spacial score (nSPS) is 10.5. The summed E-state index contributed by atoms with van der Waals surface area (Å²) >= 11 is 4.86. The predicted octanol–water partition coefficient (Wildman–Crippen LogP) is 3.33. The molecule has 116 valence electrons. The van der Waals surface area contributed by atoms with Crippen LogP contribution < -0.4 is 10.6 Å². The monoisotopic (exact) mass is 379 g/mol. The SMILES string of the molecule is CNCCCNC(=O)c1ccccc1Sc1ccc(Br)cn1. The average molecular weight is 380 g/mol. The molecule has 2 aromatic rings. The maximum Gasteiger partial charge on any atom is 0.252 e. The first-order valence-electron chi connectivity index (χ1n) is 7.02. The van der Waals surface area contributed by atoms with Gasteiger partial charge in [-0.25, -0.2) is 4.98 Å². The van der Waals surface area contributed by atoms with E-state index in [1.54, 1.807) is 6.20 Å². The molecule has 0 fully saturated rings. The summed E-state index contributed by atoms with van der Waals surface area (Å²) < 4.78 is 0.937. The fourth-order valence-corrected chi connectivity index (χ4v) is 2.96. The van der Waals surface area contributed by atoms with E-state index in [0.29, 0.717) is 12.1 Å². The number of carbonyl (C=O) groups excluding carboxylic acids is 1. The second-order valence-electron chi connectivity index (χ2n) is 4.63. The van der Waals surface area contributed by atoms with Crippen molar-refractivity contribution in [2.45, 2.75) is 16.3 Å². The molecule has 0 spiro atoms. The first-order valence-corrected chi connectivity index (χ1v) is 8.63. The van der Waals surface area contributed by atoms with Gasteiger partial charge in [-0.1, -0.05) is 23.9 Å². The number of nitrogens with one attached hydrogen (secondary N) is 2. The topological polar surface area (TPSA) is 54.0 Å².